The molecule has 4 nitrogen and oxygen atoms in total. The van der Waals surface area contributed by atoms with Crippen molar-refractivity contribution in [2.45, 2.75) is 0 Å². The molecular formula is C12H10N2O2. The lowest BCUT2D eigenvalue weighted by atomic mass is 10.2. The summed E-state index contributed by atoms with van der Waals surface area (Å²) in [7, 11) is 1.62. The summed E-state index contributed by atoms with van der Waals surface area (Å²) in [5.74, 6) is 0.744. The number of hydrogen-bond donors (Lipinski definition) is 2. The molecule has 0 saturated carbocycles. The van der Waals surface area contributed by atoms with Crippen molar-refractivity contribution >= 4 is 21.8 Å². The van der Waals surface area contributed by atoms with Crippen molar-refractivity contribution in [2.24, 2.45) is 0 Å². The van der Waals surface area contributed by atoms with Gasteiger partial charge in [0.25, 0.3) is 5.56 Å². The number of fused-ring (bicyclic) bond motifs is 3. The quantitative estimate of drug-likeness (QED) is 0.651. The first kappa shape index (κ1) is 9.03. The molecule has 4 heteroatoms. The largest absolute Gasteiger partial charge is 0.495 e. The summed E-state index contributed by atoms with van der Waals surface area (Å²) in [6.45, 7) is 0. The Hall–Kier alpha value is -2.23. The van der Waals surface area contributed by atoms with Crippen LogP contribution >= 0.6 is 0 Å². The van der Waals surface area contributed by atoms with Gasteiger partial charge in [-0.15, -0.1) is 0 Å². The van der Waals surface area contributed by atoms with Gasteiger partial charge in [0.05, 0.1) is 23.5 Å². The SMILES string of the molecule is COc1cccc2c1[nH]c1cc[nH]c(=O)c12. The summed E-state index contributed by atoms with van der Waals surface area (Å²) >= 11 is 0. The fourth-order valence-electron chi connectivity index (χ4n) is 2.02. The van der Waals surface area contributed by atoms with Crippen molar-refractivity contribution in [2.75, 3.05) is 7.11 Å². The number of aromatic amines is 2. The van der Waals surface area contributed by atoms with Gasteiger partial charge >= 0.3 is 0 Å². The highest BCUT2D eigenvalue weighted by Gasteiger charge is 2.10. The van der Waals surface area contributed by atoms with Gasteiger partial charge < -0.3 is 14.7 Å². The lowest BCUT2D eigenvalue weighted by Crippen LogP contribution is -2.02. The Balaban J connectivity index is 2.61. The van der Waals surface area contributed by atoms with Crippen LogP contribution in [0.25, 0.3) is 21.8 Å². The maximum atomic E-state index is 11.7. The number of H-pyrrole nitrogens is 2. The summed E-state index contributed by atoms with van der Waals surface area (Å²) < 4.78 is 5.25. The second kappa shape index (κ2) is 3.13. The summed E-state index contributed by atoms with van der Waals surface area (Å²) in [5.41, 5.74) is 1.59. The van der Waals surface area contributed by atoms with E-state index in [0.717, 1.165) is 22.2 Å². The Bertz CT molecular complexity index is 725. The Morgan fingerprint density at radius 1 is 1.25 bits per heavy atom. The molecular weight excluding hydrogens is 204 g/mol. The molecule has 0 spiro atoms. The third-order valence-electron chi connectivity index (χ3n) is 2.74. The molecule has 0 bridgehead atoms. The molecule has 1 aromatic carbocycles. The summed E-state index contributed by atoms with van der Waals surface area (Å²) in [6, 6.07) is 7.49. The third kappa shape index (κ3) is 1.07. The Kier molecular flexibility index (Phi) is 1.77. The first-order valence-corrected chi connectivity index (χ1v) is 4.97. The van der Waals surface area contributed by atoms with E-state index in [1.165, 1.54) is 0 Å². The lowest BCUT2D eigenvalue weighted by Gasteiger charge is -1.99. The van der Waals surface area contributed by atoms with Gasteiger partial charge in [0, 0.05) is 11.6 Å². The van der Waals surface area contributed by atoms with Crippen molar-refractivity contribution in [1.29, 1.82) is 0 Å². The van der Waals surface area contributed by atoms with Crippen LogP contribution in [0.5, 0.6) is 5.75 Å². The van der Waals surface area contributed by atoms with E-state index in [4.69, 9.17) is 4.74 Å². The van der Waals surface area contributed by atoms with Crippen LogP contribution in [0.2, 0.25) is 0 Å². The van der Waals surface area contributed by atoms with Crippen molar-refractivity contribution in [3.8, 4) is 5.75 Å². The van der Waals surface area contributed by atoms with Crippen LogP contribution in [-0.2, 0) is 0 Å². The lowest BCUT2D eigenvalue weighted by molar-refractivity contribution is 0.419. The molecule has 0 saturated heterocycles. The molecule has 80 valence electrons. The predicted octanol–water partition coefficient (Wildman–Crippen LogP) is 2.02. The Morgan fingerprint density at radius 2 is 2.12 bits per heavy atom. The van der Waals surface area contributed by atoms with Crippen LogP contribution in [0.1, 0.15) is 0 Å². The molecule has 3 aromatic rings. The molecule has 0 aliphatic carbocycles. The molecule has 0 amide bonds. The predicted molar refractivity (Wildman–Crippen MR) is 63.0 cm³/mol. The van der Waals surface area contributed by atoms with E-state index < -0.39 is 0 Å². The average molecular weight is 214 g/mol. The molecule has 0 atom stereocenters. The first-order valence-electron chi connectivity index (χ1n) is 4.97. The highest BCUT2D eigenvalue weighted by Crippen LogP contribution is 2.29. The van der Waals surface area contributed by atoms with E-state index in [2.05, 4.69) is 9.97 Å². The number of benzene rings is 1. The number of methoxy groups -OCH3 is 1. The van der Waals surface area contributed by atoms with Crippen LogP contribution < -0.4 is 10.3 Å². The minimum atomic E-state index is -0.0861. The summed E-state index contributed by atoms with van der Waals surface area (Å²) in [4.78, 5) is 17.6. The summed E-state index contributed by atoms with van der Waals surface area (Å²) in [5, 5.41) is 1.56. The van der Waals surface area contributed by atoms with Crippen LogP contribution in [0.3, 0.4) is 0 Å². The second-order valence-corrected chi connectivity index (χ2v) is 3.60. The molecule has 2 aromatic heterocycles. The van der Waals surface area contributed by atoms with Gasteiger partial charge in [-0.25, -0.2) is 0 Å². The fraction of sp³-hybridized carbons (Fsp3) is 0.0833. The number of rotatable bonds is 1. The zero-order valence-electron chi connectivity index (χ0n) is 8.70. The standard InChI is InChI=1S/C12H10N2O2/c1-16-9-4-2-3-7-10-8(14-11(7)9)5-6-13-12(10)15/h2-6,14H,1H3,(H,13,15). The molecule has 2 heterocycles. The van der Waals surface area contributed by atoms with Crippen molar-refractivity contribution in [3.63, 3.8) is 0 Å². The molecule has 0 fully saturated rings. The number of aromatic nitrogens is 2. The van der Waals surface area contributed by atoms with Crippen molar-refractivity contribution in [1.82, 2.24) is 9.97 Å². The molecule has 16 heavy (non-hydrogen) atoms. The van der Waals surface area contributed by atoms with E-state index in [-0.39, 0.29) is 5.56 Å². The normalized spacial score (nSPS) is 11.1. The summed E-state index contributed by atoms with van der Waals surface area (Å²) in [6.07, 6.45) is 1.63. The van der Waals surface area contributed by atoms with Gasteiger partial charge in [0.1, 0.15) is 5.75 Å². The van der Waals surface area contributed by atoms with E-state index >= 15 is 0 Å². The van der Waals surface area contributed by atoms with Crippen molar-refractivity contribution < 1.29 is 4.74 Å². The maximum Gasteiger partial charge on any atom is 0.258 e. The van der Waals surface area contributed by atoms with Gasteiger partial charge in [0.2, 0.25) is 0 Å². The molecule has 0 radical (unpaired) electrons. The molecule has 0 aliphatic heterocycles. The van der Waals surface area contributed by atoms with Gasteiger partial charge in [-0.3, -0.25) is 4.79 Å². The minimum Gasteiger partial charge on any atom is -0.495 e. The molecule has 2 N–H and O–H groups in total. The zero-order chi connectivity index (χ0) is 11.1. The van der Waals surface area contributed by atoms with E-state index in [0.29, 0.717) is 5.39 Å². The monoisotopic (exact) mass is 214 g/mol. The van der Waals surface area contributed by atoms with E-state index in [1.807, 2.05) is 24.3 Å². The van der Waals surface area contributed by atoms with Crippen LogP contribution in [0, 0.1) is 0 Å². The maximum absolute atomic E-state index is 11.7. The topological polar surface area (TPSA) is 57.9 Å². The first-order chi connectivity index (χ1) is 7.81. The van der Waals surface area contributed by atoms with E-state index in [1.54, 1.807) is 13.3 Å². The Labute approximate surface area is 90.9 Å². The highest BCUT2D eigenvalue weighted by molar-refractivity contribution is 6.08. The number of nitrogens with one attached hydrogen (secondary N) is 2. The number of para-hydroxylation sites is 1. The number of ether oxygens (including phenoxy) is 1. The van der Waals surface area contributed by atoms with Crippen LogP contribution in [-0.4, -0.2) is 17.1 Å². The van der Waals surface area contributed by atoms with Gasteiger partial charge in [0.15, 0.2) is 0 Å². The molecule has 0 aliphatic rings. The average Bonchev–Trinajstić information content (AvgIpc) is 2.68. The van der Waals surface area contributed by atoms with Gasteiger partial charge in [-0.2, -0.15) is 0 Å². The third-order valence-corrected chi connectivity index (χ3v) is 2.74. The number of pyridine rings is 1. The van der Waals surface area contributed by atoms with Gasteiger partial charge in [-0.1, -0.05) is 12.1 Å². The fourth-order valence-corrected chi connectivity index (χ4v) is 2.02. The zero-order valence-corrected chi connectivity index (χ0v) is 8.70. The van der Waals surface area contributed by atoms with Crippen LogP contribution in [0.4, 0.5) is 0 Å². The van der Waals surface area contributed by atoms with Crippen LogP contribution in [0.15, 0.2) is 35.3 Å². The van der Waals surface area contributed by atoms with E-state index in [9.17, 15) is 4.79 Å². The Morgan fingerprint density at radius 3 is 2.94 bits per heavy atom. The molecule has 3 rings (SSSR count). The smallest absolute Gasteiger partial charge is 0.258 e. The molecule has 0 unspecified atom stereocenters. The highest BCUT2D eigenvalue weighted by atomic mass is 16.5. The minimum absolute atomic E-state index is 0.0861. The van der Waals surface area contributed by atoms with Crippen molar-refractivity contribution in [3.05, 3.63) is 40.8 Å². The van der Waals surface area contributed by atoms with Gasteiger partial charge in [-0.05, 0) is 12.1 Å². The number of hydrogen-bond acceptors (Lipinski definition) is 2. The second-order valence-electron chi connectivity index (χ2n) is 3.60.